The number of alkyl halides is 1. The molecule has 0 saturated heterocycles. The van der Waals surface area contributed by atoms with Crippen molar-refractivity contribution >= 4 is 29.4 Å². The Balaban J connectivity index is 1.74. The number of hydrogen-bond acceptors (Lipinski definition) is 5. The Kier molecular flexibility index (Phi) is 8.60. The summed E-state index contributed by atoms with van der Waals surface area (Å²) >= 11 is 0. The summed E-state index contributed by atoms with van der Waals surface area (Å²) < 4.78 is 17.3. The van der Waals surface area contributed by atoms with Crippen LogP contribution in [0.2, 0.25) is 0 Å². The van der Waals surface area contributed by atoms with E-state index in [0.717, 1.165) is 11.1 Å². The van der Waals surface area contributed by atoms with Crippen molar-refractivity contribution < 1.29 is 33.4 Å². The van der Waals surface area contributed by atoms with Gasteiger partial charge in [-0.3, -0.25) is 23.7 Å². The van der Waals surface area contributed by atoms with Crippen LogP contribution >= 0.6 is 0 Å². The molecule has 0 spiro atoms. The van der Waals surface area contributed by atoms with Gasteiger partial charge in [-0.15, -0.1) is 0 Å². The van der Waals surface area contributed by atoms with E-state index >= 15 is 0 Å². The van der Waals surface area contributed by atoms with Crippen molar-refractivity contribution in [2.75, 3.05) is 24.8 Å². The predicted octanol–water partition coefficient (Wildman–Crippen LogP) is 1.37. The third kappa shape index (κ3) is 5.55. The molecule has 186 valence electrons. The van der Waals surface area contributed by atoms with Crippen molar-refractivity contribution in [3.63, 3.8) is 0 Å². The van der Waals surface area contributed by atoms with Crippen LogP contribution in [0.3, 0.4) is 0 Å². The Bertz CT molecular complexity index is 939. The molecule has 0 aliphatic carbocycles. The quantitative estimate of drug-likeness (QED) is 0.414. The Hall–Kier alpha value is -3.01. The fourth-order valence-corrected chi connectivity index (χ4v) is 4.46. The van der Waals surface area contributed by atoms with Crippen molar-refractivity contribution in [2.24, 2.45) is 5.92 Å². The molecular weight excluding hydrogens is 445 g/mol. The highest BCUT2D eigenvalue weighted by Crippen LogP contribution is 2.39. The highest BCUT2D eigenvalue weighted by Gasteiger charge is 2.44. The molecule has 10 heteroatoms. The summed E-state index contributed by atoms with van der Waals surface area (Å²) in [6.07, 6.45) is 1.83. The molecule has 4 atom stereocenters. The van der Waals surface area contributed by atoms with Gasteiger partial charge in [-0.1, -0.05) is 38.5 Å². The number of carboxylic acid groups (broad SMARTS) is 1. The highest BCUT2D eigenvalue weighted by molar-refractivity contribution is 6.07. The van der Waals surface area contributed by atoms with E-state index in [-0.39, 0.29) is 32.0 Å². The number of nitrogens with one attached hydrogen (secondary N) is 2. The fraction of sp³-hybridized carbons (Fsp3) is 0.583. The fourth-order valence-electron chi connectivity index (χ4n) is 4.46. The van der Waals surface area contributed by atoms with Crippen LogP contribution in [-0.2, 0) is 36.8 Å². The van der Waals surface area contributed by atoms with E-state index in [1.54, 1.807) is 0 Å². The molecule has 1 aromatic rings. The SMILES string of the molecule is CC[C@H](C)[C@H](NC(=O)COCCCF)C(=O)N[C@H]1CCc2cccc3c2N(C1=O)[C@H](C(=O)O)C3. The summed E-state index contributed by atoms with van der Waals surface area (Å²) in [5.41, 5.74) is 2.32. The Morgan fingerprint density at radius 1 is 1.29 bits per heavy atom. The number of carbonyl (C=O) groups is 4. The Morgan fingerprint density at radius 3 is 2.71 bits per heavy atom. The van der Waals surface area contributed by atoms with E-state index in [0.29, 0.717) is 24.9 Å². The zero-order chi connectivity index (χ0) is 24.8. The van der Waals surface area contributed by atoms with E-state index in [9.17, 15) is 28.7 Å². The molecule has 0 radical (unpaired) electrons. The average Bonchev–Trinajstić information content (AvgIpc) is 3.16. The molecular formula is C24H32FN3O6. The molecule has 1 aromatic carbocycles. The second-order valence-electron chi connectivity index (χ2n) is 8.82. The number of para-hydroxylation sites is 1. The lowest BCUT2D eigenvalue weighted by Gasteiger charge is -2.29. The second-order valence-corrected chi connectivity index (χ2v) is 8.82. The molecule has 2 aliphatic heterocycles. The van der Waals surface area contributed by atoms with Gasteiger partial charge in [0.1, 0.15) is 24.7 Å². The van der Waals surface area contributed by atoms with Crippen LogP contribution in [0.4, 0.5) is 10.1 Å². The average molecular weight is 478 g/mol. The van der Waals surface area contributed by atoms with Crippen molar-refractivity contribution in [1.29, 1.82) is 0 Å². The number of amides is 3. The van der Waals surface area contributed by atoms with Crippen LogP contribution in [0, 0.1) is 5.92 Å². The lowest BCUT2D eigenvalue weighted by Crippen LogP contribution is -2.57. The van der Waals surface area contributed by atoms with Gasteiger partial charge >= 0.3 is 5.97 Å². The van der Waals surface area contributed by atoms with Gasteiger partial charge in [0.25, 0.3) is 0 Å². The number of aryl methyl sites for hydroxylation is 1. The normalized spacial score (nSPS) is 20.8. The van der Waals surface area contributed by atoms with Crippen LogP contribution in [0.15, 0.2) is 18.2 Å². The first-order chi connectivity index (χ1) is 16.3. The van der Waals surface area contributed by atoms with E-state index in [4.69, 9.17) is 4.74 Å². The summed E-state index contributed by atoms with van der Waals surface area (Å²) in [6, 6.07) is 2.71. The smallest absolute Gasteiger partial charge is 0.327 e. The van der Waals surface area contributed by atoms with E-state index in [1.807, 2.05) is 32.0 Å². The van der Waals surface area contributed by atoms with Crippen molar-refractivity contribution in [2.45, 2.75) is 64.1 Å². The number of carboxylic acids is 1. The number of halogens is 1. The summed E-state index contributed by atoms with van der Waals surface area (Å²) in [6.45, 7) is 2.95. The number of carbonyl (C=O) groups excluding carboxylic acids is 3. The molecule has 2 aliphatic rings. The molecule has 3 amide bonds. The maximum absolute atomic E-state index is 13.4. The molecule has 9 nitrogen and oxygen atoms in total. The van der Waals surface area contributed by atoms with Crippen LogP contribution in [0.1, 0.15) is 44.2 Å². The van der Waals surface area contributed by atoms with Crippen molar-refractivity contribution in [3.05, 3.63) is 29.3 Å². The molecule has 0 aromatic heterocycles. The van der Waals surface area contributed by atoms with Crippen molar-refractivity contribution in [1.82, 2.24) is 10.6 Å². The summed E-state index contributed by atoms with van der Waals surface area (Å²) in [5.74, 6) is -2.80. The van der Waals surface area contributed by atoms with Gasteiger partial charge in [-0.05, 0) is 36.3 Å². The van der Waals surface area contributed by atoms with Crippen molar-refractivity contribution in [3.8, 4) is 0 Å². The predicted molar refractivity (Wildman–Crippen MR) is 122 cm³/mol. The van der Waals surface area contributed by atoms with Gasteiger partial charge in [0, 0.05) is 13.0 Å². The largest absolute Gasteiger partial charge is 0.480 e. The minimum absolute atomic E-state index is 0.101. The molecule has 3 rings (SSSR count). The molecule has 0 saturated carbocycles. The topological polar surface area (TPSA) is 125 Å². The number of benzene rings is 1. The van der Waals surface area contributed by atoms with Gasteiger partial charge < -0.3 is 20.5 Å². The second kappa shape index (κ2) is 11.4. The first kappa shape index (κ1) is 25.6. The van der Waals surface area contributed by atoms with Gasteiger partial charge in [0.05, 0.1) is 12.4 Å². The zero-order valence-electron chi connectivity index (χ0n) is 19.5. The summed E-state index contributed by atoms with van der Waals surface area (Å²) in [7, 11) is 0. The number of anilines is 1. The molecule has 34 heavy (non-hydrogen) atoms. The third-order valence-electron chi connectivity index (χ3n) is 6.48. The van der Waals surface area contributed by atoms with Gasteiger partial charge in [0.2, 0.25) is 17.7 Å². The maximum Gasteiger partial charge on any atom is 0.327 e. The minimum atomic E-state index is -1.10. The first-order valence-corrected chi connectivity index (χ1v) is 11.7. The zero-order valence-corrected chi connectivity index (χ0v) is 19.5. The summed E-state index contributed by atoms with van der Waals surface area (Å²) in [5, 5.41) is 15.1. The standard InChI is InChI=1S/C24H32FN3O6/c1-3-14(2)20(27-19(29)13-34-11-5-10-25)22(30)26-17-9-8-15-6-4-7-16-12-18(24(32)33)28(21(15)16)23(17)31/h4,6-7,14,17-18,20H,3,5,8-13H2,1-2H3,(H,26,30)(H,27,29)(H,32,33)/t14-,17-,18-,20-/m0/s1. The van der Waals surface area contributed by atoms with Gasteiger partial charge in [-0.2, -0.15) is 0 Å². The number of rotatable bonds is 11. The molecule has 0 fully saturated rings. The van der Waals surface area contributed by atoms with Gasteiger partial charge in [-0.25, -0.2) is 4.79 Å². The molecule has 2 heterocycles. The monoisotopic (exact) mass is 477 g/mol. The lowest BCUT2D eigenvalue weighted by atomic mass is 9.97. The number of aliphatic carboxylic acids is 1. The summed E-state index contributed by atoms with van der Waals surface area (Å²) in [4.78, 5) is 52.1. The molecule has 0 unspecified atom stereocenters. The first-order valence-electron chi connectivity index (χ1n) is 11.7. The third-order valence-corrected chi connectivity index (χ3v) is 6.48. The maximum atomic E-state index is 13.4. The highest BCUT2D eigenvalue weighted by atomic mass is 19.1. The van der Waals surface area contributed by atoms with Crippen LogP contribution in [0.5, 0.6) is 0 Å². The number of hydrogen-bond donors (Lipinski definition) is 3. The van der Waals surface area contributed by atoms with E-state index < -0.39 is 48.5 Å². The number of ether oxygens (including phenoxy) is 1. The van der Waals surface area contributed by atoms with E-state index in [1.165, 1.54) is 4.90 Å². The van der Waals surface area contributed by atoms with Crippen LogP contribution in [0.25, 0.3) is 0 Å². The Labute approximate surface area is 198 Å². The Morgan fingerprint density at radius 2 is 2.03 bits per heavy atom. The minimum Gasteiger partial charge on any atom is -0.480 e. The molecule has 3 N–H and O–H groups in total. The molecule has 0 bridgehead atoms. The van der Waals surface area contributed by atoms with Crippen LogP contribution < -0.4 is 15.5 Å². The van der Waals surface area contributed by atoms with Gasteiger partial charge in [0.15, 0.2) is 0 Å². The van der Waals surface area contributed by atoms with Crippen LogP contribution in [-0.4, -0.2) is 66.8 Å². The number of nitrogens with zero attached hydrogens (tertiary/aromatic N) is 1. The lowest BCUT2D eigenvalue weighted by molar-refractivity contribution is -0.140. The van der Waals surface area contributed by atoms with E-state index in [2.05, 4.69) is 10.6 Å².